The number of fused-ring (bicyclic) bond motifs is 1. The molecule has 24 heavy (non-hydrogen) atoms. The Labute approximate surface area is 144 Å². The number of hydrogen-bond acceptors (Lipinski definition) is 4. The molecule has 3 rings (SSSR count). The first-order chi connectivity index (χ1) is 11.7. The number of rotatable bonds is 6. The van der Waals surface area contributed by atoms with E-state index in [0.717, 1.165) is 36.1 Å². The summed E-state index contributed by atoms with van der Waals surface area (Å²) in [5.74, 6) is 3.07. The number of nitrogens with zero attached hydrogens (tertiary/aromatic N) is 2. The molecule has 132 valence electrons. The summed E-state index contributed by atoms with van der Waals surface area (Å²) in [6, 6.07) is 6.01. The zero-order valence-corrected chi connectivity index (χ0v) is 14.7. The van der Waals surface area contributed by atoms with E-state index in [9.17, 15) is 0 Å². The van der Waals surface area contributed by atoms with Crippen LogP contribution in [0.5, 0.6) is 11.5 Å². The summed E-state index contributed by atoms with van der Waals surface area (Å²) in [6.07, 6.45) is 2.69. The highest BCUT2D eigenvalue weighted by molar-refractivity contribution is 5.79. The second kappa shape index (κ2) is 8.24. The Bertz CT molecular complexity index is 570. The van der Waals surface area contributed by atoms with Crippen LogP contribution in [0, 0.1) is 5.92 Å². The van der Waals surface area contributed by atoms with Crippen LogP contribution in [0.2, 0.25) is 0 Å². The van der Waals surface area contributed by atoms with E-state index in [4.69, 9.17) is 9.47 Å². The monoisotopic (exact) mass is 332 g/mol. The second-order valence-corrected chi connectivity index (χ2v) is 6.61. The molecular formula is C18H28N4O2. The van der Waals surface area contributed by atoms with Crippen LogP contribution < -0.4 is 20.1 Å². The first-order valence-electron chi connectivity index (χ1n) is 8.80. The molecule has 2 N–H and O–H groups in total. The number of likely N-dealkylation sites (tertiary alicyclic amines) is 1. The number of guanidine groups is 1. The maximum absolute atomic E-state index is 5.41. The van der Waals surface area contributed by atoms with E-state index in [1.54, 1.807) is 7.05 Å². The van der Waals surface area contributed by atoms with Gasteiger partial charge in [-0.1, -0.05) is 13.0 Å². The zero-order valence-electron chi connectivity index (χ0n) is 14.7. The molecule has 1 aromatic carbocycles. The van der Waals surface area contributed by atoms with Crippen molar-refractivity contribution in [2.24, 2.45) is 10.9 Å². The van der Waals surface area contributed by atoms with Crippen molar-refractivity contribution >= 4 is 5.96 Å². The molecule has 0 saturated carbocycles. The summed E-state index contributed by atoms with van der Waals surface area (Å²) < 4.78 is 10.8. The third kappa shape index (κ3) is 4.54. The molecule has 1 atom stereocenters. The highest BCUT2D eigenvalue weighted by Gasteiger charge is 2.15. The van der Waals surface area contributed by atoms with E-state index in [0.29, 0.717) is 19.3 Å². The number of hydrogen-bond donors (Lipinski definition) is 2. The number of nitrogens with one attached hydrogen (secondary N) is 2. The van der Waals surface area contributed by atoms with E-state index < -0.39 is 0 Å². The average molecular weight is 332 g/mol. The average Bonchev–Trinajstić information content (AvgIpc) is 3.25. The van der Waals surface area contributed by atoms with Gasteiger partial charge in [0.15, 0.2) is 17.5 Å². The van der Waals surface area contributed by atoms with E-state index in [1.165, 1.54) is 25.9 Å². The number of ether oxygens (including phenoxy) is 2. The maximum atomic E-state index is 5.41. The lowest BCUT2D eigenvalue weighted by molar-refractivity contribution is 0.174. The maximum Gasteiger partial charge on any atom is 0.231 e. The van der Waals surface area contributed by atoms with Gasteiger partial charge in [-0.25, -0.2) is 0 Å². The van der Waals surface area contributed by atoms with E-state index >= 15 is 0 Å². The van der Waals surface area contributed by atoms with Gasteiger partial charge in [0.1, 0.15) is 0 Å². The fourth-order valence-corrected chi connectivity index (χ4v) is 3.20. The van der Waals surface area contributed by atoms with Gasteiger partial charge in [-0.05, 0) is 49.5 Å². The van der Waals surface area contributed by atoms with Gasteiger partial charge in [0.25, 0.3) is 0 Å². The van der Waals surface area contributed by atoms with Crippen LogP contribution in [0.3, 0.4) is 0 Å². The molecule has 1 aromatic rings. The summed E-state index contributed by atoms with van der Waals surface area (Å²) in [5, 5.41) is 6.78. The lowest BCUT2D eigenvalue weighted by atomic mass is 10.1. The van der Waals surface area contributed by atoms with E-state index in [2.05, 4.69) is 27.4 Å². The molecular weight excluding hydrogens is 304 g/mol. The van der Waals surface area contributed by atoms with Gasteiger partial charge in [0.2, 0.25) is 6.79 Å². The third-order valence-electron chi connectivity index (χ3n) is 4.51. The first-order valence-corrected chi connectivity index (χ1v) is 8.80. The molecule has 0 bridgehead atoms. The van der Waals surface area contributed by atoms with Crippen molar-refractivity contribution < 1.29 is 9.47 Å². The van der Waals surface area contributed by atoms with Gasteiger partial charge < -0.3 is 25.0 Å². The van der Waals surface area contributed by atoms with Gasteiger partial charge in [0.05, 0.1) is 0 Å². The molecule has 1 fully saturated rings. The van der Waals surface area contributed by atoms with Crippen molar-refractivity contribution in [3.63, 3.8) is 0 Å². The first kappa shape index (κ1) is 16.9. The zero-order chi connectivity index (χ0) is 16.8. The van der Waals surface area contributed by atoms with Gasteiger partial charge in [-0.15, -0.1) is 0 Å². The van der Waals surface area contributed by atoms with Crippen LogP contribution in [-0.4, -0.2) is 50.9 Å². The van der Waals surface area contributed by atoms with Crippen LogP contribution in [0.4, 0.5) is 0 Å². The Morgan fingerprint density at radius 3 is 2.79 bits per heavy atom. The topological polar surface area (TPSA) is 58.1 Å². The van der Waals surface area contributed by atoms with Crippen molar-refractivity contribution in [2.45, 2.75) is 26.3 Å². The molecule has 0 aromatic heterocycles. The molecule has 2 aliphatic rings. The highest BCUT2D eigenvalue weighted by atomic mass is 16.7. The van der Waals surface area contributed by atoms with Crippen molar-refractivity contribution in [3.8, 4) is 11.5 Å². The molecule has 0 spiro atoms. The summed E-state index contributed by atoms with van der Waals surface area (Å²) in [7, 11) is 1.81. The van der Waals surface area contributed by atoms with Crippen molar-refractivity contribution in [1.82, 2.24) is 15.5 Å². The Morgan fingerprint density at radius 2 is 2.00 bits per heavy atom. The summed E-state index contributed by atoms with van der Waals surface area (Å²) >= 11 is 0. The minimum Gasteiger partial charge on any atom is -0.454 e. The fourth-order valence-electron chi connectivity index (χ4n) is 3.20. The number of aliphatic imine (C=N–C) groups is 1. The summed E-state index contributed by atoms with van der Waals surface area (Å²) in [4.78, 5) is 6.85. The van der Waals surface area contributed by atoms with Gasteiger partial charge in [0, 0.05) is 26.7 Å². The molecule has 0 radical (unpaired) electrons. The van der Waals surface area contributed by atoms with E-state index in [1.807, 2.05) is 18.2 Å². The smallest absolute Gasteiger partial charge is 0.231 e. The predicted octanol–water partition coefficient (Wildman–Crippen LogP) is 1.81. The molecule has 2 heterocycles. The van der Waals surface area contributed by atoms with Crippen molar-refractivity contribution in [3.05, 3.63) is 23.8 Å². The van der Waals surface area contributed by atoms with Gasteiger partial charge in [-0.3, -0.25) is 4.99 Å². The fraction of sp³-hybridized carbons (Fsp3) is 0.611. The molecule has 6 heteroatoms. The van der Waals surface area contributed by atoms with Gasteiger partial charge >= 0.3 is 0 Å². The van der Waals surface area contributed by atoms with Crippen LogP contribution in [0.15, 0.2) is 23.2 Å². The molecule has 1 unspecified atom stereocenters. The molecule has 2 aliphatic heterocycles. The molecule has 0 amide bonds. The van der Waals surface area contributed by atoms with Crippen LogP contribution >= 0.6 is 0 Å². The van der Waals surface area contributed by atoms with Crippen molar-refractivity contribution in [2.75, 3.05) is 40.0 Å². The van der Waals surface area contributed by atoms with Crippen LogP contribution in [-0.2, 0) is 6.54 Å². The van der Waals surface area contributed by atoms with Crippen LogP contribution in [0.1, 0.15) is 25.3 Å². The summed E-state index contributed by atoms with van der Waals surface area (Å²) in [5.41, 5.74) is 1.15. The minimum atomic E-state index is 0.310. The molecule has 1 saturated heterocycles. The molecule has 6 nitrogen and oxygen atoms in total. The van der Waals surface area contributed by atoms with Crippen LogP contribution in [0.25, 0.3) is 0 Å². The second-order valence-electron chi connectivity index (χ2n) is 6.61. The SMILES string of the molecule is CN=C(NCc1ccc2c(c1)OCO2)NCC(C)CN1CCCC1. The lowest BCUT2D eigenvalue weighted by Gasteiger charge is -2.21. The van der Waals surface area contributed by atoms with Gasteiger partial charge in [-0.2, -0.15) is 0 Å². The quantitative estimate of drug-likeness (QED) is 0.615. The molecule has 0 aliphatic carbocycles. The predicted molar refractivity (Wildman–Crippen MR) is 95.6 cm³/mol. The minimum absolute atomic E-state index is 0.310. The lowest BCUT2D eigenvalue weighted by Crippen LogP contribution is -2.41. The Hall–Kier alpha value is -1.95. The Kier molecular flexibility index (Phi) is 5.80. The summed E-state index contributed by atoms with van der Waals surface area (Å²) in [6.45, 7) is 7.89. The largest absolute Gasteiger partial charge is 0.454 e. The Balaban J connectivity index is 1.41. The third-order valence-corrected chi connectivity index (χ3v) is 4.51. The normalized spacial score (nSPS) is 18.7. The standard InChI is InChI=1S/C18H28N4O2/c1-14(12-22-7-3-4-8-22)10-20-18(19-2)21-11-15-5-6-16-17(9-15)24-13-23-16/h5-6,9,14H,3-4,7-8,10-13H2,1-2H3,(H2,19,20,21). The van der Waals surface area contributed by atoms with E-state index in [-0.39, 0.29) is 0 Å². The van der Waals surface area contributed by atoms with Crippen molar-refractivity contribution in [1.29, 1.82) is 0 Å². The highest BCUT2D eigenvalue weighted by Crippen LogP contribution is 2.32. The number of benzene rings is 1. The Morgan fingerprint density at radius 1 is 1.21 bits per heavy atom.